The molecule has 0 amide bonds. The van der Waals surface area contributed by atoms with Gasteiger partial charge < -0.3 is 10.5 Å². The largest absolute Gasteiger partial charge is 0.468 e. The lowest BCUT2D eigenvalue weighted by Crippen LogP contribution is -2.33. The number of esters is 1. The number of nitrogens with two attached hydrogens (primary N) is 1. The van der Waals surface area contributed by atoms with Gasteiger partial charge in [-0.15, -0.1) is 0 Å². The van der Waals surface area contributed by atoms with Crippen LogP contribution in [0.2, 0.25) is 0 Å². The maximum Gasteiger partial charge on any atom is 0.322 e. The molecule has 0 fully saturated rings. The Labute approximate surface area is 99.4 Å². The average Bonchev–Trinajstić information content (AvgIpc) is 2.38. The van der Waals surface area contributed by atoms with Crippen molar-refractivity contribution < 1.29 is 9.53 Å². The third-order valence-electron chi connectivity index (χ3n) is 2.71. The third kappa shape index (κ3) is 2.42. The fourth-order valence-electron chi connectivity index (χ4n) is 1.84. The van der Waals surface area contributed by atoms with Gasteiger partial charge in [0.15, 0.2) is 0 Å². The van der Waals surface area contributed by atoms with Gasteiger partial charge in [-0.2, -0.15) is 0 Å². The summed E-state index contributed by atoms with van der Waals surface area (Å²) in [6.07, 6.45) is 3.99. The molecule has 2 N–H and O–H groups in total. The zero-order valence-corrected chi connectivity index (χ0v) is 9.59. The van der Waals surface area contributed by atoms with Crippen molar-refractivity contribution in [1.82, 2.24) is 4.98 Å². The van der Waals surface area contributed by atoms with Crippen molar-refractivity contribution in [3.8, 4) is 0 Å². The maximum absolute atomic E-state index is 11.3. The van der Waals surface area contributed by atoms with Crippen LogP contribution in [0.25, 0.3) is 10.8 Å². The van der Waals surface area contributed by atoms with Crippen molar-refractivity contribution in [3.63, 3.8) is 0 Å². The molecule has 1 atom stereocenters. The van der Waals surface area contributed by atoms with Gasteiger partial charge in [0.2, 0.25) is 0 Å². The van der Waals surface area contributed by atoms with E-state index in [9.17, 15) is 4.79 Å². The fraction of sp³-hybridized carbons (Fsp3) is 0.231. The first-order chi connectivity index (χ1) is 8.22. The van der Waals surface area contributed by atoms with E-state index in [2.05, 4.69) is 9.72 Å². The zero-order chi connectivity index (χ0) is 12.3. The van der Waals surface area contributed by atoms with Gasteiger partial charge >= 0.3 is 5.97 Å². The van der Waals surface area contributed by atoms with Gasteiger partial charge in [-0.1, -0.05) is 18.2 Å². The minimum atomic E-state index is -0.626. The van der Waals surface area contributed by atoms with Crippen LogP contribution in [0.3, 0.4) is 0 Å². The van der Waals surface area contributed by atoms with Crippen molar-refractivity contribution >= 4 is 16.7 Å². The molecular formula is C13H14N2O2. The summed E-state index contributed by atoms with van der Waals surface area (Å²) in [6, 6.07) is 7.18. The molecule has 88 valence electrons. The number of fused-ring (bicyclic) bond motifs is 1. The average molecular weight is 230 g/mol. The van der Waals surface area contributed by atoms with E-state index in [4.69, 9.17) is 5.73 Å². The Morgan fingerprint density at radius 2 is 2.29 bits per heavy atom. The molecule has 0 saturated carbocycles. The van der Waals surface area contributed by atoms with Crippen molar-refractivity contribution in [2.45, 2.75) is 12.5 Å². The summed E-state index contributed by atoms with van der Waals surface area (Å²) >= 11 is 0. The number of hydrogen-bond donors (Lipinski definition) is 1. The molecule has 2 rings (SSSR count). The number of nitrogens with zero attached hydrogens (tertiary/aromatic N) is 1. The normalized spacial score (nSPS) is 12.4. The van der Waals surface area contributed by atoms with Crippen LogP contribution < -0.4 is 5.73 Å². The minimum absolute atomic E-state index is 0.393. The maximum atomic E-state index is 11.3. The molecule has 1 heterocycles. The molecule has 0 spiro atoms. The topological polar surface area (TPSA) is 65.2 Å². The molecule has 17 heavy (non-hydrogen) atoms. The Kier molecular flexibility index (Phi) is 3.35. The predicted octanol–water partition coefficient (Wildman–Crippen LogP) is 1.28. The highest BCUT2D eigenvalue weighted by atomic mass is 16.5. The molecule has 2 aromatic rings. The standard InChI is InChI=1S/C13H14N2O2/c1-17-13(16)12(14)7-9-3-2-4-10-8-15-6-5-11(9)10/h2-6,8,12H,7,14H2,1H3/t12-/m1/s1. The zero-order valence-electron chi connectivity index (χ0n) is 9.59. The summed E-state index contributed by atoms with van der Waals surface area (Å²) in [5.41, 5.74) is 6.79. The molecule has 0 radical (unpaired) electrons. The molecule has 1 aromatic carbocycles. The van der Waals surface area contributed by atoms with E-state index in [1.165, 1.54) is 7.11 Å². The first-order valence-electron chi connectivity index (χ1n) is 5.37. The molecular weight excluding hydrogens is 216 g/mol. The lowest BCUT2D eigenvalue weighted by atomic mass is 10.0. The van der Waals surface area contributed by atoms with Crippen molar-refractivity contribution in [3.05, 3.63) is 42.2 Å². The van der Waals surface area contributed by atoms with Gasteiger partial charge in [-0.05, 0) is 23.4 Å². The molecule has 0 aliphatic carbocycles. The second-order valence-corrected chi connectivity index (χ2v) is 3.85. The monoisotopic (exact) mass is 230 g/mol. The highest BCUT2D eigenvalue weighted by molar-refractivity contribution is 5.85. The molecule has 0 unspecified atom stereocenters. The Hall–Kier alpha value is -1.94. The summed E-state index contributed by atoms with van der Waals surface area (Å²) in [7, 11) is 1.34. The Balaban J connectivity index is 2.33. The van der Waals surface area contributed by atoms with Crippen LogP contribution in [0, 0.1) is 0 Å². The lowest BCUT2D eigenvalue weighted by molar-refractivity contribution is -0.142. The number of benzene rings is 1. The highest BCUT2D eigenvalue weighted by Crippen LogP contribution is 2.18. The second kappa shape index (κ2) is 4.93. The Morgan fingerprint density at radius 1 is 1.47 bits per heavy atom. The van der Waals surface area contributed by atoms with Crippen LogP contribution >= 0.6 is 0 Å². The van der Waals surface area contributed by atoms with Crippen molar-refractivity contribution in [2.24, 2.45) is 5.73 Å². The van der Waals surface area contributed by atoms with E-state index in [1.807, 2.05) is 24.3 Å². The first-order valence-corrected chi connectivity index (χ1v) is 5.37. The number of aromatic nitrogens is 1. The predicted molar refractivity (Wildman–Crippen MR) is 65.4 cm³/mol. The van der Waals surface area contributed by atoms with Crippen LogP contribution in [-0.4, -0.2) is 24.1 Å². The fourth-order valence-corrected chi connectivity index (χ4v) is 1.84. The number of methoxy groups -OCH3 is 1. The number of pyridine rings is 1. The highest BCUT2D eigenvalue weighted by Gasteiger charge is 2.15. The molecule has 1 aromatic heterocycles. The van der Waals surface area contributed by atoms with Crippen LogP contribution in [0.15, 0.2) is 36.7 Å². The number of ether oxygens (including phenoxy) is 1. The summed E-state index contributed by atoms with van der Waals surface area (Å²) in [5, 5.41) is 2.11. The van der Waals surface area contributed by atoms with E-state index in [0.717, 1.165) is 16.3 Å². The van der Waals surface area contributed by atoms with Gasteiger partial charge in [0.05, 0.1) is 7.11 Å². The summed E-state index contributed by atoms with van der Waals surface area (Å²) in [5.74, 6) is -0.393. The van der Waals surface area contributed by atoms with Gasteiger partial charge in [0.25, 0.3) is 0 Å². The number of carbonyl (C=O) groups excluding carboxylic acids is 1. The minimum Gasteiger partial charge on any atom is -0.468 e. The van der Waals surface area contributed by atoms with Crippen LogP contribution in [0.4, 0.5) is 0 Å². The SMILES string of the molecule is COC(=O)[C@H](N)Cc1cccc2cnccc12. The van der Waals surface area contributed by atoms with Gasteiger partial charge in [-0.3, -0.25) is 9.78 Å². The van der Waals surface area contributed by atoms with Crippen molar-refractivity contribution in [1.29, 1.82) is 0 Å². The van der Waals surface area contributed by atoms with Crippen LogP contribution in [0.5, 0.6) is 0 Å². The lowest BCUT2D eigenvalue weighted by Gasteiger charge is -2.11. The second-order valence-electron chi connectivity index (χ2n) is 3.85. The smallest absolute Gasteiger partial charge is 0.322 e. The Morgan fingerprint density at radius 3 is 3.06 bits per heavy atom. The van der Waals surface area contributed by atoms with Gasteiger partial charge in [0.1, 0.15) is 6.04 Å². The first kappa shape index (κ1) is 11.5. The summed E-state index contributed by atoms with van der Waals surface area (Å²) in [6.45, 7) is 0. The van der Waals surface area contributed by atoms with E-state index in [1.54, 1.807) is 12.4 Å². The summed E-state index contributed by atoms with van der Waals surface area (Å²) < 4.78 is 4.62. The number of hydrogen-bond acceptors (Lipinski definition) is 4. The number of rotatable bonds is 3. The van der Waals surface area contributed by atoms with E-state index in [0.29, 0.717) is 6.42 Å². The quantitative estimate of drug-likeness (QED) is 0.807. The van der Waals surface area contributed by atoms with Gasteiger partial charge in [0, 0.05) is 17.8 Å². The molecule has 0 aliphatic heterocycles. The van der Waals surface area contributed by atoms with Crippen LogP contribution in [0.1, 0.15) is 5.56 Å². The Bertz CT molecular complexity index is 534. The molecule has 4 heteroatoms. The van der Waals surface area contributed by atoms with Crippen molar-refractivity contribution in [2.75, 3.05) is 7.11 Å². The molecule has 0 bridgehead atoms. The van der Waals surface area contributed by atoms with E-state index in [-0.39, 0.29) is 0 Å². The van der Waals surface area contributed by atoms with E-state index >= 15 is 0 Å². The molecule has 0 aliphatic rings. The summed E-state index contributed by atoms with van der Waals surface area (Å²) in [4.78, 5) is 15.4. The molecule has 0 saturated heterocycles. The number of carbonyl (C=O) groups is 1. The third-order valence-corrected chi connectivity index (χ3v) is 2.71. The molecule has 4 nitrogen and oxygen atoms in total. The van der Waals surface area contributed by atoms with Gasteiger partial charge in [-0.25, -0.2) is 0 Å². The van der Waals surface area contributed by atoms with Crippen LogP contribution in [-0.2, 0) is 16.0 Å². The van der Waals surface area contributed by atoms with E-state index < -0.39 is 12.0 Å².